The van der Waals surface area contributed by atoms with Crippen LogP contribution in [0.5, 0.6) is 5.75 Å². The number of benzene rings is 4. The SMILES string of the molecule is CCCCc1nc2c(cc3c4c(cccc42)C(c2ccccc2)=C(c2ccccc2)O3)o1. The molecule has 0 fully saturated rings. The number of unbranched alkanes of at least 4 members (excludes halogenated alkanes) is 1. The van der Waals surface area contributed by atoms with Gasteiger partial charge in [0.1, 0.15) is 17.0 Å². The topological polar surface area (TPSA) is 35.3 Å². The second-order valence-electron chi connectivity index (χ2n) is 8.20. The van der Waals surface area contributed by atoms with Crippen molar-refractivity contribution < 1.29 is 9.15 Å². The number of aromatic nitrogens is 1. The zero-order valence-electron chi connectivity index (χ0n) is 18.0. The molecule has 0 atom stereocenters. The number of hydrogen-bond donors (Lipinski definition) is 0. The van der Waals surface area contributed by atoms with Gasteiger partial charge in [0, 0.05) is 34.4 Å². The number of ether oxygens (including phenoxy) is 1. The Hall–Kier alpha value is -3.85. The molecule has 6 rings (SSSR count). The van der Waals surface area contributed by atoms with Gasteiger partial charge in [0.05, 0.1) is 0 Å². The van der Waals surface area contributed by atoms with E-state index in [1.807, 2.05) is 30.3 Å². The number of rotatable bonds is 5. The first-order valence-corrected chi connectivity index (χ1v) is 11.2. The quantitative estimate of drug-likeness (QED) is 0.295. The van der Waals surface area contributed by atoms with E-state index in [1.54, 1.807) is 0 Å². The molecule has 3 heteroatoms. The maximum absolute atomic E-state index is 6.65. The monoisotopic (exact) mass is 417 g/mol. The fourth-order valence-corrected chi connectivity index (χ4v) is 4.57. The van der Waals surface area contributed by atoms with Crippen molar-refractivity contribution in [1.82, 2.24) is 4.98 Å². The first kappa shape index (κ1) is 18.9. The van der Waals surface area contributed by atoms with Crippen molar-refractivity contribution in [1.29, 1.82) is 0 Å². The van der Waals surface area contributed by atoms with E-state index in [2.05, 4.69) is 61.5 Å². The third-order valence-corrected chi connectivity index (χ3v) is 6.08. The van der Waals surface area contributed by atoms with E-state index in [9.17, 15) is 0 Å². The fourth-order valence-electron chi connectivity index (χ4n) is 4.57. The molecule has 0 N–H and O–H groups in total. The molecule has 5 aromatic rings. The summed E-state index contributed by atoms with van der Waals surface area (Å²) in [7, 11) is 0. The average Bonchev–Trinajstić information content (AvgIpc) is 3.27. The van der Waals surface area contributed by atoms with Crippen LogP contribution in [-0.2, 0) is 6.42 Å². The summed E-state index contributed by atoms with van der Waals surface area (Å²) in [5.74, 6) is 2.48. The molecule has 2 heterocycles. The van der Waals surface area contributed by atoms with Gasteiger partial charge < -0.3 is 9.15 Å². The lowest BCUT2D eigenvalue weighted by molar-refractivity contribution is 0.506. The van der Waals surface area contributed by atoms with E-state index in [0.717, 1.165) is 80.8 Å². The molecule has 0 radical (unpaired) electrons. The first-order chi connectivity index (χ1) is 15.8. The fraction of sp³-hybridized carbons (Fsp3) is 0.138. The van der Waals surface area contributed by atoms with Crippen LogP contribution in [-0.4, -0.2) is 4.98 Å². The number of fused-ring (bicyclic) bond motifs is 2. The van der Waals surface area contributed by atoms with Gasteiger partial charge in [-0.2, -0.15) is 0 Å². The Bertz CT molecular complexity index is 1460. The second-order valence-corrected chi connectivity index (χ2v) is 8.20. The first-order valence-electron chi connectivity index (χ1n) is 11.2. The van der Waals surface area contributed by atoms with Gasteiger partial charge in [-0.25, -0.2) is 4.98 Å². The molecule has 0 unspecified atom stereocenters. The van der Waals surface area contributed by atoms with Crippen molar-refractivity contribution in [3.8, 4) is 5.75 Å². The number of oxazole rings is 1. The molecule has 3 nitrogen and oxygen atoms in total. The Labute approximate surface area is 187 Å². The zero-order chi connectivity index (χ0) is 21.5. The highest BCUT2D eigenvalue weighted by Gasteiger charge is 2.27. The van der Waals surface area contributed by atoms with Crippen LogP contribution in [0.1, 0.15) is 42.3 Å². The predicted octanol–water partition coefficient (Wildman–Crippen LogP) is 7.63. The molecule has 1 aliphatic rings. The Kier molecular flexibility index (Phi) is 4.53. The van der Waals surface area contributed by atoms with Crippen molar-refractivity contribution in [2.24, 2.45) is 0 Å². The minimum atomic E-state index is 0.784. The molecular formula is C29H23NO2. The van der Waals surface area contributed by atoms with Crippen LogP contribution in [0.2, 0.25) is 0 Å². The highest BCUT2D eigenvalue weighted by atomic mass is 16.5. The van der Waals surface area contributed by atoms with E-state index < -0.39 is 0 Å². The van der Waals surface area contributed by atoms with Crippen LogP contribution in [0.3, 0.4) is 0 Å². The summed E-state index contributed by atoms with van der Waals surface area (Å²) in [6, 6.07) is 29.2. The highest BCUT2D eigenvalue weighted by molar-refractivity contribution is 6.16. The Morgan fingerprint density at radius 1 is 0.812 bits per heavy atom. The van der Waals surface area contributed by atoms with Crippen LogP contribution >= 0.6 is 0 Å². The van der Waals surface area contributed by atoms with Gasteiger partial charge >= 0.3 is 0 Å². The van der Waals surface area contributed by atoms with Crippen molar-refractivity contribution in [3.63, 3.8) is 0 Å². The molecule has 0 bridgehead atoms. The van der Waals surface area contributed by atoms with Gasteiger partial charge in [0.2, 0.25) is 0 Å². The molecule has 1 aliphatic heterocycles. The van der Waals surface area contributed by atoms with Crippen molar-refractivity contribution >= 4 is 33.2 Å². The van der Waals surface area contributed by atoms with Crippen molar-refractivity contribution in [2.45, 2.75) is 26.2 Å². The van der Waals surface area contributed by atoms with Crippen LogP contribution < -0.4 is 4.74 Å². The summed E-state index contributed by atoms with van der Waals surface area (Å²) < 4.78 is 12.8. The molecule has 156 valence electrons. The van der Waals surface area contributed by atoms with Crippen LogP contribution in [0.15, 0.2) is 89.3 Å². The summed E-state index contributed by atoms with van der Waals surface area (Å²) in [6.45, 7) is 2.18. The lowest BCUT2D eigenvalue weighted by Crippen LogP contribution is -2.07. The summed E-state index contributed by atoms with van der Waals surface area (Å²) in [5.41, 5.74) is 6.14. The molecule has 0 aliphatic carbocycles. The largest absolute Gasteiger partial charge is 0.455 e. The standard InChI is InChI=1S/C29H23NO2/c1-2-3-17-25-30-28-22-16-10-15-21-26(19-11-6-4-7-12-19)29(20-13-8-5-9-14-20)32-23(27(21)22)18-24(28)31-25/h4-16,18H,2-3,17H2,1H3. The van der Waals surface area contributed by atoms with Gasteiger partial charge in [-0.3, -0.25) is 0 Å². The van der Waals surface area contributed by atoms with Gasteiger partial charge in [0.15, 0.2) is 11.5 Å². The van der Waals surface area contributed by atoms with Crippen LogP contribution in [0, 0.1) is 0 Å². The van der Waals surface area contributed by atoms with Gasteiger partial charge in [-0.15, -0.1) is 0 Å². The second kappa shape index (κ2) is 7.69. The van der Waals surface area contributed by atoms with E-state index >= 15 is 0 Å². The van der Waals surface area contributed by atoms with Gasteiger partial charge in [-0.1, -0.05) is 92.2 Å². The molecule has 0 saturated carbocycles. The minimum Gasteiger partial charge on any atom is -0.455 e. The van der Waals surface area contributed by atoms with Crippen LogP contribution in [0.25, 0.3) is 33.2 Å². The number of aryl methyl sites for hydroxylation is 1. The molecule has 32 heavy (non-hydrogen) atoms. The summed E-state index contributed by atoms with van der Waals surface area (Å²) in [4.78, 5) is 4.86. The lowest BCUT2D eigenvalue weighted by Gasteiger charge is -2.25. The number of hydrogen-bond acceptors (Lipinski definition) is 3. The maximum Gasteiger partial charge on any atom is 0.195 e. The molecule has 1 aromatic heterocycles. The molecule has 0 amide bonds. The molecule has 0 saturated heterocycles. The molecule has 4 aromatic carbocycles. The van der Waals surface area contributed by atoms with E-state index in [-0.39, 0.29) is 0 Å². The third kappa shape index (κ3) is 3.01. The predicted molar refractivity (Wildman–Crippen MR) is 130 cm³/mol. The van der Waals surface area contributed by atoms with E-state index in [1.165, 1.54) is 0 Å². The Morgan fingerprint density at radius 2 is 1.56 bits per heavy atom. The average molecular weight is 418 g/mol. The zero-order valence-corrected chi connectivity index (χ0v) is 18.0. The summed E-state index contributed by atoms with van der Waals surface area (Å²) in [5, 5.41) is 2.16. The van der Waals surface area contributed by atoms with E-state index in [4.69, 9.17) is 14.1 Å². The molecule has 0 spiro atoms. The Morgan fingerprint density at radius 3 is 2.31 bits per heavy atom. The van der Waals surface area contributed by atoms with Crippen molar-refractivity contribution in [2.75, 3.05) is 0 Å². The smallest absolute Gasteiger partial charge is 0.195 e. The summed E-state index contributed by atoms with van der Waals surface area (Å²) in [6.07, 6.45) is 3.03. The van der Waals surface area contributed by atoms with Gasteiger partial charge in [-0.05, 0) is 17.5 Å². The summed E-state index contributed by atoms with van der Waals surface area (Å²) >= 11 is 0. The lowest BCUT2D eigenvalue weighted by atomic mass is 9.88. The normalized spacial score (nSPS) is 13.0. The molecular weight excluding hydrogens is 394 g/mol. The van der Waals surface area contributed by atoms with E-state index in [0.29, 0.717) is 0 Å². The highest BCUT2D eigenvalue weighted by Crippen LogP contribution is 2.47. The maximum atomic E-state index is 6.65. The van der Waals surface area contributed by atoms with Gasteiger partial charge in [0.25, 0.3) is 0 Å². The third-order valence-electron chi connectivity index (χ3n) is 6.08. The van der Waals surface area contributed by atoms with Crippen molar-refractivity contribution in [3.05, 3.63) is 108 Å². The van der Waals surface area contributed by atoms with Crippen LogP contribution in [0.4, 0.5) is 0 Å². The minimum absolute atomic E-state index is 0.784. The Balaban J connectivity index is 1.65. The number of nitrogens with zero attached hydrogens (tertiary/aromatic N) is 1.